The number of aliphatic hydroxyl groups is 1. The lowest BCUT2D eigenvalue weighted by atomic mass is 9.89. The van der Waals surface area contributed by atoms with Gasteiger partial charge in [-0.25, -0.2) is 57.3 Å². The van der Waals surface area contributed by atoms with E-state index in [9.17, 15) is 52.9 Å². The van der Waals surface area contributed by atoms with Gasteiger partial charge in [-0.05, 0) is 49.9 Å². The zero-order valence-electron chi connectivity index (χ0n) is 27.8. The van der Waals surface area contributed by atoms with Crippen LogP contribution in [0.2, 0.25) is 0 Å². The highest BCUT2D eigenvalue weighted by atomic mass is 32.2. The summed E-state index contributed by atoms with van der Waals surface area (Å²) in [7, 11) is -11.7. The van der Waals surface area contributed by atoms with Gasteiger partial charge < -0.3 is 24.4 Å². The Balaban J connectivity index is 0.000000210. The third-order valence-electron chi connectivity index (χ3n) is 9.19. The van der Waals surface area contributed by atoms with Crippen molar-refractivity contribution in [2.75, 3.05) is 59.1 Å². The maximum absolute atomic E-state index is 15.1. The van der Waals surface area contributed by atoms with Crippen molar-refractivity contribution < 1.29 is 86.2 Å². The van der Waals surface area contributed by atoms with Crippen LogP contribution in [0.5, 0.6) is 0 Å². The van der Waals surface area contributed by atoms with Gasteiger partial charge in [0.2, 0.25) is 0 Å². The number of amides is 2. The Morgan fingerprint density at radius 1 is 0.704 bits per heavy atom. The number of cyclic esters (lactones) is 2. The molecule has 6 rings (SSSR count). The molecular formula is C30H33F6N2O13PS2. The molecule has 4 fully saturated rings. The number of ether oxygens (including phenoxy) is 2. The Morgan fingerprint density at radius 2 is 1.04 bits per heavy atom. The molecule has 4 aliphatic rings. The normalized spacial score (nSPS) is 24.4. The van der Waals surface area contributed by atoms with Gasteiger partial charge in [-0.1, -0.05) is 0 Å². The minimum absolute atomic E-state index is 0.0907. The molecule has 0 aromatic heterocycles. The number of nitrogens with zero attached hydrogens (tertiary/aromatic N) is 2. The fourth-order valence-corrected chi connectivity index (χ4v) is 9.64. The molecule has 4 aliphatic heterocycles. The molecule has 2 atom stereocenters. The molecule has 0 aliphatic carbocycles. The molecule has 0 bridgehead atoms. The van der Waals surface area contributed by atoms with E-state index in [1.807, 2.05) is 0 Å². The Hall–Kier alpha value is -3.47. The van der Waals surface area contributed by atoms with Gasteiger partial charge in [-0.15, -0.1) is 0 Å². The van der Waals surface area contributed by atoms with Crippen molar-refractivity contribution in [3.8, 4) is 0 Å². The van der Waals surface area contributed by atoms with E-state index < -0.39 is 160 Å². The van der Waals surface area contributed by atoms with Crippen LogP contribution in [0.1, 0.15) is 36.8 Å². The van der Waals surface area contributed by atoms with Crippen LogP contribution in [0.4, 0.5) is 47.3 Å². The number of sulfone groups is 2. The monoisotopic (exact) mass is 838 g/mol. The van der Waals surface area contributed by atoms with E-state index in [-0.39, 0.29) is 24.5 Å². The fourth-order valence-electron chi connectivity index (χ4n) is 6.34. The summed E-state index contributed by atoms with van der Waals surface area (Å²) in [5.74, 6) is -7.02. The summed E-state index contributed by atoms with van der Waals surface area (Å²) in [5, 5.41) is 9.00. The van der Waals surface area contributed by atoms with Crippen LogP contribution in [-0.2, 0) is 49.6 Å². The second-order valence-corrected chi connectivity index (χ2v) is 18.9. The van der Waals surface area contributed by atoms with Crippen LogP contribution >= 0.6 is 7.82 Å². The Labute approximate surface area is 303 Å². The summed E-state index contributed by atoms with van der Waals surface area (Å²) in [6.45, 7) is -1.48. The number of halogens is 6. The number of carbonyl (C=O) groups excluding carboxylic acids is 2. The smallest absolute Gasteiger partial charge is 0.441 e. The Morgan fingerprint density at radius 3 is 1.35 bits per heavy atom. The van der Waals surface area contributed by atoms with Gasteiger partial charge in [0.1, 0.15) is 46.8 Å². The van der Waals surface area contributed by atoms with Crippen LogP contribution in [0.15, 0.2) is 24.3 Å². The molecule has 3 N–H and O–H groups in total. The van der Waals surface area contributed by atoms with Crippen molar-refractivity contribution in [3.63, 3.8) is 0 Å². The van der Waals surface area contributed by atoms with Crippen molar-refractivity contribution in [1.29, 1.82) is 0 Å². The largest absolute Gasteiger partial charge is 0.469 e. The molecule has 0 radical (unpaired) electrons. The van der Waals surface area contributed by atoms with Gasteiger partial charge in [-0.3, -0.25) is 14.3 Å². The molecule has 4 heterocycles. The first-order chi connectivity index (χ1) is 24.9. The van der Waals surface area contributed by atoms with Gasteiger partial charge in [-0.2, -0.15) is 0 Å². The molecule has 2 amide bonds. The van der Waals surface area contributed by atoms with Gasteiger partial charge >= 0.3 is 20.0 Å². The van der Waals surface area contributed by atoms with Gasteiger partial charge in [0, 0.05) is 0 Å². The van der Waals surface area contributed by atoms with E-state index in [0.29, 0.717) is 0 Å². The zero-order valence-corrected chi connectivity index (χ0v) is 30.3. The highest BCUT2D eigenvalue weighted by Gasteiger charge is 2.45. The molecule has 15 nitrogen and oxygen atoms in total. The van der Waals surface area contributed by atoms with Crippen molar-refractivity contribution in [2.45, 2.75) is 49.2 Å². The number of hydrogen-bond acceptors (Lipinski definition) is 11. The standard InChI is InChI=1S/C15H17F3NO8PS.C15H16F3NO5S/c16-11-5-9(19-7-10(27-14(19)20)8-26-28(21,22)23)6-12(17)13(11)15(18)1-3-29(24,25)4-2-15;16-11-5-9(19-7-10(8-20)24-14(19)21)6-12(17)13(11)15(18)1-3-25(22,23)4-2-15/h5-6,10H,1-4,7-8H2,(H2,21,22,23);5-6,10,20H,1-4,7-8H2/t2*10-/m11/s1. The van der Waals surface area contributed by atoms with Gasteiger partial charge in [0.05, 0.1) is 71.8 Å². The van der Waals surface area contributed by atoms with Crippen molar-refractivity contribution in [1.82, 2.24) is 0 Å². The Bertz CT molecular complexity index is 2010. The number of aliphatic hydroxyl groups excluding tert-OH is 1. The molecular weight excluding hydrogens is 805 g/mol. The molecule has 2 aromatic carbocycles. The number of phosphoric acid groups is 1. The lowest BCUT2D eigenvalue weighted by Crippen LogP contribution is -2.35. The van der Waals surface area contributed by atoms with Crippen LogP contribution in [0.25, 0.3) is 0 Å². The van der Waals surface area contributed by atoms with Crippen LogP contribution in [0, 0.1) is 23.3 Å². The lowest BCUT2D eigenvalue weighted by Gasteiger charge is -2.30. The van der Waals surface area contributed by atoms with Crippen LogP contribution in [0.3, 0.4) is 0 Å². The molecule has 24 heteroatoms. The zero-order chi connectivity index (χ0) is 40.0. The number of carbonyl (C=O) groups is 2. The Kier molecular flexibility index (Phi) is 11.8. The summed E-state index contributed by atoms with van der Waals surface area (Å²) in [6.07, 6.45) is -6.04. The number of alkyl halides is 2. The summed E-state index contributed by atoms with van der Waals surface area (Å²) in [4.78, 5) is 42.7. The third-order valence-corrected chi connectivity index (χ3v) is 13.0. The SMILES string of the molecule is O=C1O[C@@H](CO)CN1c1cc(F)c(C2(F)CCS(=O)(=O)CC2)c(F)c1.O=C1O[C@@H](COP(=O)(O)O)CN1c1cc(F)c(C2(F)CCS(=O)(=O)CC2)c(F)c1. The molecule has 54 heavy (non-hydrogen) atoms. The number of rotatable bonds is 8. The number of phosphoric ester groups is 1. The fraction of sp³-hybridized carbons (Fsp3) is 0.533. The highest BCUT2D eigenvalue weighted by Crippen LogP contribution is 2.44. The summed E-state index contributed by atoms with van der Waals surface area (Å²) in [5.41, 5.74) is -7.09. The van der Waals surface area contributed by atoms with Crippen LogP contribution < -0.4 is 9.80 Å². The predicted octanol–water partition coefficient (Wildman–Crippen LogP) is 3.43. The third kappa shape index (κ3) is 9.31. The first-order valence-corrected chi connectivity index (χ1v) is 21.2. The molecule has 4 saturated heterocycles. The highest BCUT2D eigenvalue weighted by molar-refractivity contribution is 7.91. The van der Waals surface area contributed by atoms with E-state index in [1.165, 1.54) is 0 Å². The minimum Gasteiger partial charge on any atom is -0.441 e. The summed E-state index contributed by atoms with van der Waals surface area (Å²) < 4.78 is 159. The van der Waals surface area contributed by atoms with Crippen molar-refractivity contribution >= 4 is 51.1 Å². The maximum Gasteiger partial charge on any atom is 0.469 e. The lowest BCUT2D eigenvalue weighted by molar-refractivity contribution is 0.0880. The number of hydrogen-bond donors (Lipinski definition) is 3. The van der Waals surface area contributed by atoms with E-state index in [1.54, 1.807) is 0 Å². The number of benzene rings is 2. The van der Waals surface area contributed by atoms with E-state index in [2.05, 4.69) is 4.52 Å². The minimum atomic E-state index is -4.80. The molecule has 0 saturated carbocycles. The second-order valence-electron chi connectivity index (χ2n) is 13.0. The topological polar surface area (TPSA) is 214 Å². The van der Waals surface area contributed by atoms with E-state index in [0.717, 1.165) is 34.1 Å². The molecule has 0 spiro atoms. The predicted molar refractivity (Wildman–Crippen MR) is 174 cm³/mol. The quantitative estimate of drug-likeness (QED) is 0.257. The summed E-state index contributed by atoms with van der Waals surface area (Å²) >= 11 is 0. The second kappa shape index (κ2) is 15.2. The van der Waals surface area contributed by atoms with E-state index >= 15 is 4.39 Å². The summed E-state index contributed by atoms with van der Waals surface area (Å²) in [6, 6.07) is 3.06. The van der Waals surface area contributed by atoms with Gasteiger partial charge in [0.25, 0.3) is 0 Å². The van der Waals surface area contributed by atoms with Crippen LogP contribution in [-0.4, -0.2) is 105 Å². The van der Waals surface area contributed by atoms with Crippen molar-refractivity contribution in [3.05, 3.63) is 58.7 Å². The molecule has 300 valence electrons. The molecule has 0 unspecified atom stereocenters. The first kappa shape index (κ1) is 41.7. The average Bonchev–Trinajstić information content (AvgIpc) is 3.64. The first-order valence-electron chi connectivity index (χ1n) is 16.0. The molecule has 2 aromatic rings. The average molecular weight is 839 g/mol. The van der Waals surface area contributed by atoms with Crippen molar-refractivity contribution in [2.24, 2.45) is 0 Å². The number of anilines is 2. The van der Waals surface area contributed by atoms with E-state index in [4.69, 9.17) is 24.4 Å². The maximum atomic E-state index is 15.1. The van der Waals surface area contributed by atoms with Gasteiger partial charge in [0.15, 0.2) is 19.7 Å².